The summed E-state index contributed by atoms with van der Waals surface area (Å²) in [6.07, 6.45) is 0. The lowest BCUT2D eigenvalue weighted by molar-refractivity contribution is -0.152. The Morgan fingerprint density at radius 3 is 2.05 bits per heavy atom. The van der Waals surface area contributed by atoms with Crippen molar-refractivity contribution < 1.29 is 9.53 Å². The van der Waals surface area contributed by atoms with Crippen LogP contribution in [0.3, 0.4) is 0 Å². The van der Waals surface area contributed by atoms with Crippen LogP contribution in [-0.4, -0.2) is 20.1 Å². The van der Waals surface area contributed by atoms with Crippen LogP contribution >= 0.6 is 0 Å². The van der Waals surface area contributed by atoms with Crippen molar-refractivity contribution in [3.63, 3.8) is 0 Å². The fourth-order valence-corrected chi connectivity index (χ4v) is 2.89. The molecule has 0 radical (unpaired) electrons. The molecule has 1 rings (SSSR count). The van der Waals surface area contributed by atoms with Gasteiger partial charge in [-0.1, -0.05) is 17.7 Å². The van der Waals surface area contributed by atoms with Crippen LogP contribution in [0.2, 0.25) is 0 Å². The van der Waals surface area contributed by atoms with Gasteiger partial charge in [-0.15, -0.1) is 0 Å². The Morgan fingerprint density at radius 1 is 1.21 bits per heavy atom. The normalized spacial score (nSPS) is 13.2. The van der Waals surface area contributed by atoms with Crippen molar-refractivity contribution in [3.8, 4) is 0 Å². The molecule has 1 atom stereocenters. The zero-order valence-electron chi connectivity index (χ0n) is 13.0. The molecule has 0 fully saturated rings. The summed E-state index contributed by atoms with van der Waals surface area (Å²) in [6.45, 7) is 10.1. The zero-order chi connectivity index (χ0) is 14.8. The highest BCUT2D eigenvalue weighted by atomic mass is 16.5. The fourth-order valence-electron chi connectivity index (χ4n) is 2.89. The van der Waals surface area contributed by atoms with Gasteiger partial charge in [-0.05, 0) is 58.4 Å². The maximum atomic E-state index is 12.0. The van der Waals surface area contributed by atoms with E-state index < -0.39 is 5.41 Å². The molecular formula is C16H25NO2. The third-order valence-electron chi connectivity index (χ3n) is 3.75. The molecule has 0 saturated carbocycles. The summed E-state index contributed by atoms with van der Waals surface area (Å²) in [5, 5.41) is 3.27. The predicted molar refractivity (Wildman–Crippen MR) is 78.3 cm³/mol. The summed E-state index contributed by atoms with van der Waals surface area (Å²) in [4.78, 5) is 12.0. The van der Waals surface area contributed by atoms with Crippen molar-refractivity contribution in [2.24, 2.45) is 5.41 Å². The fraction of sp³-hybridized carbons (Fsp3) is 0.562. The van der Waals surface area contributed by atoms with Gasteiger partial charge in [0.25, 0.3) is 0 Å². The molecular weight excluding hydrogens is 238 g/mol. The first-order valence-corrected chi connectivity index (χ1v) is 6.59. The SMILES string of the molecule is CNC(c1c(C)cc(C)cc1C)C(C)(C)C(=O)OC. The van der Waals surface area contributed by atoms with Crippen LogP contribution in [0, 0.1) is 26.2 Å². The van der Waals surface area contributed by atoms with Gasteiger partial charge in [0.1, 0.15) is 0 Å². The van der Waals surface area contributed by atoms with Gasteiger partial charge in [0, 0.05) is 6.04 Å². The molecule has 0 aliphatic heterocycles. The minimum atomic E-state index is -0.617. The molecule has 0 amide bonds. The van der Waals surface area contributed by atoms with Crippen LogP contribution in [0.15, 0.2) is 12.1 Å². The van der Waals surface area contributed by atoms with Gasteiger partial charge < -0.3 is 10.1 Å². The maximum absolute atomic E-state index is 12.0. The highest BCUT2D eigenvalue weighted by Gasteiger charge is 2.39. The molecule has 1 unspecified atom stereocenters. The number of carbonyl (C=O) groups excluding carboxylic acids is 1. The Kier molecular flexibility index (Phi) is 4.75. The van der Waals surface area contributed by atoms with Gasteiger partial charge in [0.2, 0.25) is 0 Å². The predicted octanol–water partition coefficient (Wildman–Crippen LogP) is 3.07. The van der Waals surface area contributed by atoms with Crippen molar-refractivity contribution in [3.05, 3.63) is 34.4 Å². The van der Waals surface area contributed by atoms with Crippen molar-refractivity contribution >= 4 is 5.97 Å². The smallest absolute Gasteiger partial charge is 0.313 e. The number of benzene rings is 1. The van der Waals surface area contributed by atoms with E-state index in [-0.39, 0.29) is 12.0 Å². The molecule has 0 saturated heterocycles. The van der Waals surface area contributed by atoms with Crippen LogP contribution in [0.4, 0.5) is 0 Å². The highest BCUT2D eigenvalue weighted by molar-refractivity contribution is 5.77. The standard InChI is InChI=1S/C16H25NO2/c1-10-8-11(2)13(12(3)9-10)14(17-6)16(4,5)15(18)19-7/h8-9,14,17H,1-7H3. The third kappa shape index (κ3) is 2.98. The number of esters is 1. The summed E-state index contributed by atoms with van der Waals surface area (Å²) in [5.41, 5.74) is 4.21. The molecule has 0 spiro atoms. The molecule has 19 heavy (non-hydrogen) atoms. The van der Waals surface area contributed by atoms with Crippen LogP contribution in [-0.2, 0) is 9.53 Å². The van der Waals surface area contributed by atoms with E-state index >= 15 is 0 Å². The summed E-state index contributed by atoms with van der Waals surface area (Å²) in [6, 6.07) is 4.24. The Hall–Kier alpha value is -1.35. The van der Waals surface area contributed by atoms with E-state index in [1.54, 1.807) is 0 Å². The molecule has 1 N–H and O–H groups in total. The van der Waals surface area contributed by atoms with Gasteiger partial charge in [0.05, 0.1) is 12.5 Å². The maximum Gasteiger partial charge on any atom is 0.313 e. The first-order valence-electron chi connectivity index (χ1n) is 6.59. The average Bonchev–Trinajstić information content (AvgIpc) is 2.31. The molecule has 0 aromatic heterocycles. The highest BCUT2D eigenvalue weighted by Crippen LogP contribution is 2.37. The quantitative estimate of drug-likeness (QED) is 0.848. The first kappa shape index (κ1) is 15.7. The van der Waals surface area contributed by atoms with Crippen molar-refractivity contribution in [1.29, 1.82) is 0 Å². The number of nitrogens with one attached hydrogen (secondary N) is 1. The van der Waals surface area contributed by atoms with E-state index in [0.717, 1.165) is 0 Å². The lowest BCUT2D eigenvalue weighted by Crippen LogP contribution is -2.40. The van der Waals surface area contributed by atoms with Crippen LogP contribution in [0.25, 0.3) is 0 Å². The van der Waals surface area contributed by atoms with Crippen molar-refractivity contribution in [1.82, 2.24) is 5.32 Å². The van der Waals surface area contributed by atoms with E-state index in [0.29, 0.717) is 0 Å². The summed E-state index contributed by atoms with van der Waals surface area (Å²) in [7, 11) is 3.32. The molecule has 0 bridgehead atoms. The topological polar surface area (TPSA) is 38.3 Å². The summed E-state index contributed by atoms with van der Waals surface area (Å²) < 4.78 is 4.94. The van der Waals surface area contributed by atoms with Gasteiger partial charge in [-0.25, -0.2) is 0 Å². The minimum Gasteiger partial charge on any atom is -0.469 e. The number of hydrogen-bond donors (Lipinski definition) is 1. The zero-order valence-corrected chi connectivity index (χ0v) is 13.0. The van der Waals surface area contributed by atoms with Crippen LogP contribution in [0.1, 0.15) is 42.1 Å². The Balaban J connectivity index is 3.36. The summed E-state index contributed by atoms with van der Waals surface area (Å²) >= 11 is 0. The second-order valence-corrected chi connectivity index (χ2v) is 5.75. The molecule has 1 aromatic carbocycles. The number of aryl methyl sites for hydroxylation is 3. The van der Waals surface area contributed by atoms with E-state index in [1.807, 2.05) is 20.9 Å². The molecule has 0 aliphatic carbocycles. The van der Waals surface area contributed by atoms with Crippen molar-refractivity contribution in [2.75, 3.05) is 14.2 Å². The number of hydrogen-bond acceptors (Lipinski definition) is 3. The van der Waals surface area contributed by atoms with Gasteiger partial charge in [-0.3, -0.25) is 4.79 Å². The Bertz CT molecular complexity index is 455. The largest absolute Gasteiger partial charge is 0.469 e. The second-order valence-electron chi connectivity index (χ2n) is 5.75. The van der Waals surface area contributed by atoms with Crippen LogP contribution < -0.4 is 5.32 Å². The molecule has 1 aromatic rings. The van der Waals surface area contributed by atoms with Crippen molar-refractivity contribution in [2.45, 2.75) is 40.7 Å². The molecule has 0 heterocycles. The van der Waals surface area contributed by atoms with E-state index in [1.165, 1.54) is 29.4 Å². The lowest BCUT2D eigenvalue weighted by atomic mass is 9.77. The molecule has 3 heteroatoms. The number of ether oxygens (including phenoxy) is 1. The Labute approximate surface area is 116 Å². The molecule has 0 aliphatic rings. The first-order chi connectivity index (χ1) is 8.75. The molecule has 3 nitrogen and oxygen atoms in total. The lowest BCUT2D eigenvalue weighted by Gasteiger charge is -2.34. The molecule has 106 valence electrons. The monoisotopic (exact) mass is 263 g/mol. The Morgan fingerprint density at radius 2 is 1.68 bits per heavy atom. The van der Waals surface area contributed by atoms with E-state index in [4.69, 9.17) is 4.74 Å². The van der Waals surface area contributed by atoms with E-state index in [9.17, 15) is 4.79 Å². The number of methoxy groups -OCH3 is 1. The average molecular weight is 263 g/mol. The van der Waals surface area contributed by atoms with E-state index in [2.05, 4.69) is 38.2 Å². The van der Waals surface area contributed by atoms with Gasteiger partial charge >= 0.3 is 5.97 Å². The van der Waals surface area contributed by atoms with Gasteiger partial charge in [0.15, 0.2) is 0 Å². The third-order valence-corrected chi connectivity index (χ3v) is 3.75. The minimum absolute atomic E-state index is 0.0689. The second kappa shape index (κ2) is 5.74. The summed E-state index contributed by atoms with van der Waals surface area (Å²) in [5.74, 6) is -0.203. The van der Waals surface area contributed by atoms with Gasteiger partial charge in [-0.2, -0.15) is 0 Å². The number of rotatable bonds is 4. The van der Waals surface area contributed by atoms with Crippen LogP contribution in [0.5, 0.6) is 0 Å². The number of carbonyl (C=O) groups is 1.